The van der Waals surface area contributed by atoms with E-state index in [1.54, 1.807) is 0 Å². The third-order valence-corrected chi connectivity index (χ3v) is 5.47. The first-order chi connectivity index (χ1) is 12.6. The number of nitrogens with one attached hydrogen (secondary N) is 1. The van der Waals surface area contributed by atoms with E-state index in [4.69, 9.17) is 9.15 Å². The van der Waals surface area contributed by atoms with Crippen LogP contribution in [0.4, 0.5) is 0 Å². The van der Waals surface area contributed by atoms with Crippen LogP contribution in [-0.4, -0.2) is 42.6 Å². The molecule has 2 aromatic rings. The van der Waals surface area contributed by atoms with Crippen LogP contribution >= 0.6 is 0 Å². The smallest absolute Gasteiger partial charge is 0.222 e. The fourth-order valence-corrected chi connectivity index (χ4v) is 3.87. The summed E-state index contributed by atoms with van der Waals surface area (Å²) in [5.74, 6) is 1.96. The highest BCUT2D eigenvalue weighted by atomic mass is 16.5. The van der Waals surface area contributed by atoms with Gasteiger partial charge >= 0.3 is 0 Å². The van der Waals surface area contributed by atoms with Crippen molar-refractivity contribution in [3.05, 3.63) is 47.7 Å². The summed E-state index contributed by atoms with van der Waals surface area (Å²) in [5.41, 5.74) is 2.25. The molecule has 1 aromatic carbocycles. The molecule has 1 N–H and O–H groups in total. The summed E-state index contributed by atoms with van der Waals surface area (Å²) in [5, 5.41) is 3.00. The van der Waals surface area contributed by atoms with Crippen molar-refractivity contribution in [1.82, 2.24) is 10.2 Å². The molecule has 2 fully saturated rings. The second-order valence-electron chi connectivity index (χ2n) is 7.45. The van der Waals surface area contributed by atoms with Gasteiger partial charge in [-0.15, -0.1) is 0 Å². The molecule has 0 saturated carbocycles. The van der Waals surface area contributed by atoms with Crippen LogP contribution in [0.1, 0.15) is 30.6 Å². The second-order valence-corrected chi connectivity index (χ2v) is 7.45. The number of rotatable bonds is 3. The summed E-state index contributed by atoms with van der Waals surface area (Å²) in [7, 11) is 0. The Bertz CT molecular complexity index is 775. The van der Waals surface area contributed by atoms with E-state index in [-0.39, 0.29) is 11.5 Å². The molecular formula is C21H26N2O3. The molecule has 0 bridgehead atoms. The minimum absolute atomic E-state index is 0.106. The fourth-order valence-electron chi connectivity index (χ4n) is 3.87. The number of aryl methyl sites for hydroxylation is 1. The van der Waals surface area contributed by atoms with E-state index in [0.717, 1.165) is 49.6 Å². The minimum Gasteiger partial charge on any atom is -0.461 e. The van der Waals surface area contributed by atoms with Gasteiger partial charge in [-0.25, -0.2) is 0 Å². The average Bonchev–Trinajstić information content (AvgIpc) is 3.00. The number of piperidine rings is 1. The van der Waals surface area contributed by atoms with Crippen molar-refractivity contribution in [2.45, 2.75) is 38.3 Å². The van der Waals surface area contributed by atoms with Gasteiger partial charge in [-0.3, -0.25) is 9.69 Å². The van der Waals surface area contributed by atoms with Crippen molar-refractivity contribution >= 4 is 5.91 Å². The Balaban J connectivity index is 1.38. The molecule has 0 aliphatic carbocycles. The zero-order chi connectivity index (χ0) is 18.0. The molecule has 5 heteroatoms. The van der Waals surface area contributed by atoms with Gasteiger partial charge in [0.25, 0.3) is 0 Å². The standard InChI is InChI=1S/C21H26N2O3/c1-16-5-6-19(26-16)18-4-2-3-17(13-18)14-23-10-8-21(9-11-23)15-22-20(24)7-12-25-21/h2-6,13H,7-12,14-15H2,1H3,(H,22,24). The first-order valence-corrected chi connectivity index (χ1v) is 9.41. The van der Waals surface area contributed by atoms with E-state index in [2.05, 4.69) is 34.5 Å². The van der Waals surface area contributed by atoms with Gasteiger partial charge in [-0.05, 0) is 43.5 Å². The van der Waals surface area contributed by atoms with Crippen molar-refractivity contribution in [3.8, 4) is 11.3 Å². The van der Waals surface area contributed by atoms with Crippen molar-refractivity contribution < 1.29 is 13.9 Å². The van der Waals surface area contributed by atoms with E-state index in [1.807, 2.05) is 19.1 Å². The molecule has 1 amide bonds. The van der Waals surface area contributed by atoms with E-state index >= 15 is 0 Å². The first kappa shape index (κ1) is 17.3. The third-order valence-electron chi connectivity index (χ3n) is 5.47. The summed E-state index contributed by atoms with van der Waals surface area (Å²) in [6, 6.07) is 12.6. The second kappa shape index (κ2) is 7.25. The Morgan fingerprint density at radius 3 is 2.81 bits per heavy atom. The third kappa shape index (κ3) is 3.84. The maximum Gasteiger partial charge on any atom is 0.222 e. The SMILES string of the molecule is Cc1ccc(-c2cccc(CN3CCC4(CC3)CNC(=O)CCO4)c2)o1. The summed E-state index contributed by atoms with van der Waals surface area (Å²) < 4.78 is 11.8. The lowest BCUT2D eigenvalue weighted by atomic mass is 9.90. The number of likely N-dealkylation sites (tertiary alicyclic amines) is 1. The molecule has 26 heavy (non-hydrogen) atoms. The number of benzene rings is 1. The van der Waals surface area contributed by atoms with E-state index < -0.39 is 0 Å². The lowest BCUT2D eigenvalue weighted by Gasteiger charge is -2.40. The number of hydrogen-bond acceptors (Lipinski definition) is 4. The Kier molecular flexibility index (Phi) is 4.83. The quantitative estimate of drug-likeness (QED) is 0.920. The Morgan fingerprint density at radius 2 is 2.04 bits per heavy atom. The summed E-state index contributed by atoms with van der Waals surface area (Å²) in [4.78, 5) is 14.0. The van der Waals surface area contributed by atoms with Crippen LogP contribution in [-0.2, 0) is 16.1 Å². The molecule has 0 radical (unpaired) electrons. The maximum absolute atomic E-state index is 11.6. The molecule has 138 valence electrons. The van der Waals surface area contributed by atoms with Crippen molar-refractivity contribution in [2.24, 2.45) is 0 Å². The van der Waals surface area contributed by atoms with Crippen molar-refractivity contribution in [1.29, 1.82) is 0 Å². The van der Waals surface area contributed by atoms with Crippen molar-refractivity contribution in [3.63, 3.8) is 0 Å². The van der Waals surface area contributed by atoms with Gasteiger partial charge < -0.3 is 14.5 Å². The van der Waals surface area contributed by atoms with Crippen LogP contribution in [0.2, 0.25) is 0 Å². The molecule has 5 nitrogen and oxygen atoms in total. The maximum atomic E-state index is 11.6. The van der Waals surface area contributed by atoms with Crippen molar-refractivity contribution in [2.75, 3.05) is 26.2 Å². The molecule has 2 aliphatic heterocycles. The lowest BCUT2D eigenvalue weighted by molar-refractivity contribution is -0.120. The van der Waals surface area contributed by atoms with Gasteiger partial charge in [0.15, 0.2) is 0 Å². The summed E-state index contributed by atoms with van der Waals surface area (Å²) >= 11 is 0. The first-order valence-electron chi connectivity index (χ1n) is 9.41. The lowest BCUT2D eigenvalue weighted by Crippen LogP contribution is -2.50. The largest absolute Gasteiger partial charge is 0.461 e. The van der Waals surface area contributed by atoms with Gasteiger partial charge in [0.2, 0.25) is 5.91 Å². The molecule has 0 unspecified atom stereocenters. The van der Waals surface area contributed by atoms with Crippen LogP contribution in [0.15, 0.2) is 40.8 Å². The minimum atomic E-state index is -0.170. The predicted molar refractivity (Wildman–Crippen MR) is 99.7 cm³/mol. The van der Waals surface area contributed by atoms with E-state index in [1.165, 1.54) is 5.56 Å². The van der Waals surface area contributed by atoms with E-state index in [9.17, 15) is 4.79 Å². The summed E-state index contributed by atoms with van der Waals surface area (Å²) in [6.45, 7) is 6.05. The normalized spacial score (nSPS) is 20.7. The molecule has 2 saturated heterocycles. The Labute approximate surface area is 154 Å². The number of hydrogen-bond donors (Lipinski definition) is 1. The number of carbonyl (C=O) groups excluding carboxylic acids is 1. The van der Waals surface area contributed by atoms with Crippen LogP contribution in [0, 0.1) is 6.92 Å². The molecule has 1 spiro atoms. The van der Waals surface area contributed by atoms with E-state index in [0.29, 0.717) is 19.6 Å². The number of carbonyl (C=O) groups is 1. The molecular weight excluding hydrogens is 328 g/mol. The topological polar surface area (TPSA) is 54.7 Å². The van der Waals surface area contributed by atoms with Gasteiger partial charge in [0.1, 0.15) is 11.5 Å². The Morgan fingerprint density at radius 1 is 1.19 bits per heavy atom. The van der Waals surface area contributed by atoms with Crippen LogP contribution in [0.25, 0.3) is 11.3 Å². The molecule has 3 heterocycles. The highest BCUT2D eigenvalue weighted by molar-refractivity contribution is 5.76. The zero-order valence-electron chi connectivity index (χ0n) is 15.3. The van der Waals surface area contributed by atoms with Gasteiger partial charge in [0, 0.05) is 38.2 Å². The predicted octanol–water partition coefficient (Wildman–Crippen LogP) is 3.13. The fraction of sp³-hybridized carbons (Fsp3) is 0.476. The molecule has 2 aliphatic rings. The Hall–Kier alpha value is -2.11. The average molecular weight is 354 g/mol. The molecule has 1 aromatic heterocycles. The van der Waals surface area contributed by atoms with Gasteiger partial charge in [0.05, 0.1) is 12.2 Å². The van der Waals surface area contributed by atoms with Crippen LogP contribution < -0.4 is 5.32 Å². The monoisotopic (exact) mass is 354 g/mol. The zero-order valence-corrected chi connectivity index (χ0v) is 15.3. The number of furan rings is 1. The van der Waals surface area contributed by atoms with Gasteiger partial charge in [-0.1, -0.05) is 18.2 Å². The number of ether oxygens (including phenoxy) is 1. The highest BCUT2D eigenvalue weighted by Crippen LogP contribution is 2.29. The number of nitrogens with zero attached hydrogens (tertiary/aromatic N) is 1. The number of amides is 1. The van der Waals surface area contributed by atoms with Gasteiger partial charge in [-0.2, -0.15) is 0 Å². The molecule has 4 rings (SSSR count). The van der Waals surface area contributed by atoms with Crippen LogP contribution in [0.3, 0.4) is 0 Å². The molecule has 0 atom stereocenters. The highest BCUT2D eigenvalue weighted by Gasteiger charge is 2.37. The summed E-state index contributed by atoms with van der Waals surface area (Å²) in [6.07, 6.45) is 2.40. The van der Waals surface area contributed by atoms with Crippen LogP contribution in [0.5, 0.6) is 0 Å².